The Balaban J connectivity index is 2.58. The van der Waals surface area contributed by atoms with Gasteiger partial charge in [0.15, 0.2) is 5.95 Å². The van der Waals surface area contributed by atoms with Gasteiger partial charge in [0.2, 0.25) is 0 Å². The number of imidazole rings is 1. The van der Waals surface area contributed by atoms with E-state index >= 15 is 0 Å². The minimum atomic E-state index is 0.594. The van der Waals surface area contributed by atoms with Gasteiger partial charge in [-0.15, -0.1) is 0 Å². The highest BCUT2D eigenvalue weighted by Gasteiger charge is 1.99. The van der Waals surface area contributed by atoms with Crippen molar-refractivity contribution >= 4 is 17.7 Å². The lowest BCUT2D eigenvalue weighted by Crippen LogP contribution is -1.94. The Bertz CT molecular complexity index is 212. The van der Waals surface area contributed by atoms with Crippen molar-refractivity contribution in [1.29, 1.82) is 0 Å². The predicted octanol–water partition coefficient (Wildman–Crippen LogP) is 1.26. The molecule has 2 N–H and O–H groups in total. The van der Waals surface area contributed by atoms with Crippen molar-refractivity contribution in [2.75, 3.05) is 11.5 Å². The molecule has 0 saturated heterocycles. The molecule has 1 heterocycles. The number of nitrogens with zero attached hydrogens (tertiary/aromatic N) is 2. The molecular formula is C7H13N3S. The normalized spacial score (nSPS) is 10.4. The molecule has 0 spiro atoms. The first kappa shape index (κ1) is 8.46. The maximum atomic E-state index is 5.55. The van der Waals surface area contributed by atoms with Gasteiger partial charge in [-0.2, -0.15) is 11.8 Å². The zero-order valence-corrected chi connectivity index (χ0v) is 7.69. The van der Waals surface area contributed by atoms with Crippen molar-refractivity contribution in [2.45, 2.75) is 12.7 Å². The van der Waals surface area contributed by atoms with Gasteiger partial charge in [-0.25, -0.2) is 4.98 Å². The monoisotopic (exact) mass is 171 g/mol. The van der Waals surface area contributed by atoms with E-state index in [1.807, 2.05) is 29.6 Å². The topological polar surface area (TPSA) is 43.8 Å². The number of thioether (sulfide) groups is 1. The maximum Gasteiger partial charge on any atom is 0.200 e. The van der Waals surface area contributed by atoms with Gasteiger partial charge in [-0.3, -0.25) is 0 Å². The molecule has 62 valence electrons. The lowest BCUT2D eigenvalue weighted by atomic mass is 10.6. The first-order chi connectivity index (χ1) is 5.24. The zero-order valence-electron chi connectivity index (χ0n) is 6.87. The molecule has 3 nitrogen and oxygen atoms in total. The molecule has 0 aromatic carbocycles. The Labute approximate surface area is 71.0 Å². The van der Waals surface area contributed by atoms with Gasteiger partial charge < -0.3 is 10.3 Å². The molecule has 1 rings (SSSR count). The third kappa shape index (κ3) is 2.15. The summed E-state index contributed by atoms with van der Waals surface area (Å²) in [6.45, 7) is 2.14. The predicted molar refractivity (Wildman–Crippen MR) is 49.5 cm³/mol. The van der Waals surface area contributed by atoms with Crippen molar-refractivity contribution in [3.63, 3.8) is 0 Å². The van der Waals surface area contributed by atoms with Crippen LogP contribution in [0.5, 0.6) is 0 Å². The van der Waals surface area contributed by atoms with Crippen molar-refractivity contribution in [3.05, 3.63) is 11.9 Å². The third-order valence-corrected chi connectivity index (χ3v) is 2.32. The van der Waals surface area contributed by atoms with Gasteiger partial charge in [0.25, 0.3) is 0 Å². The largest absolute Gasteiger partial charge is 0.369 e. The highest BCUT2D eigenvalue weighted by Crippen LogP contribution is 2.11. The summed E-state index contributed by atoms with van der Waals surface area (Å²) in [7, 11) is 1.91. The van der Waals surface area contributed by atoms with Crippen LogP contribution in [0.15, 0.2) is 6.20 Å². The number of aromatic nitrogens is 2. The maximum absolute atomic E-state index is 5.55. The molecule has 0 atom stereocenters. The third-order valence-electron chi connectivity index (χ3n) is 1.42. The molecule has 0 aliphatic heterocycles. The van der Waals surface area contributed by atoms with E-state index in [0.717, 1.165) is 17.2 Å². The standard InChI is InChI=1S/C7H13N3S/c1-3-11-5-6-4-10(2)7(8)9-6/h4H,3,5H2,1-2H3,(H2,8,9). The summed E-state index contributed by atoms with van der Waals surface area (Å²) in [6.07, 6.45) is 1.97. The summed E-state index contributed by atoms with van der Waals surface area (Å²) in [5.41, 5.74) is 6.62. The lowest BCUT2D eigenvalue weighted by Gasteiger charge is -1.90. The minimum absolute atomic E-state index is 0.594. The Kier molecular flexibility index (Phi) is 2.82. The van der Waals surface area contributed by atoms with Crippen LogP contribution in [0.3, 0.4) is 0 Å². The van der Waals surface area contributed by atoms with Crippen LogP contribution < -0.4 is 5.73 Å². The summed E-state index contributed by atoms with van der Waals surface area (Å²) < 4.78 is 1.84. The number of hydrogen-bond acceptors (Lipinski definition) is 3. The van der Waals surface area contributed by atoms with Gasteiger partial charge in [0, 0.05) is 19.0 Å². The van der Waals surface area contributed by atoms with Gasteiger partial charge >= 0.3 is 0 Å². The molecule has 11 heavy (non-hydrogen) atoms. The summed E-state index contributed by atoms with van der Waals surface area (Å²) in [6, 6.07) is 0. The van der Waals surface area contributed by atoms with Crippen molar-refractivity contribution in [2.24, 2.45) is 7.05 Å². The Hall–Kier alpha value is -0.640. The van der Waals surface area contributed by atoms with Gasteiger partial charge in [-0.1, -0.05) is 6.92 Å². The second kappa shape index (κ2) is 3.67. The summed E-state index contributed by atoms with van der Waals surface area (Å²) in [5, 5.41) is 0. The van der Waals surface area contributed by atoms with Gasteiger partial charge in [0.1, 0.15) is 0 Å². The van der Waals surface area contributed by atoms with Crippen LogP contribution >= 0.6 is 11.8 Å². The van der Waals surface area contributed by atoms with Crippen LogP contribution in [-0.4, -0.2) is 15.3 Å². The van der Waals surface area contributed by atoms with Crippen molar-refractivity contribution in [3.8, 4) is 0 Å². The van der Waals surface area contributed by atoms with E-state index in [9.17, 15) is 0 Å². The number of nitrogen functional groups attached to an aromatic ring is 1. The van der Waals surface area contributed by atoms with E-state index < -0.39 is 0 Å². The molecular weight excluding hydrogens is 158 g/mol. The number of rotatable bonds is 3. The fourth-order valence-electron chi connectivity index (χ4n) is 0.821. The summed E-state index contributed by atoms with van der Waals surface area (Å²) in [4.78, 5) is 4.17. The van der Waals surface area contributed by atoms with Gasteiger partial charge in [-0.05, 0) is 5.75 Å². The van der Waals surface area contributed by atoms with E-state index in [-0.39, 0.29) is 0 Å². The SMILES string of the molecule is CCSCc1cn(C)c(N)n1. The fraction of sp³-hybridized carbons (Fsp3) is 0.571. The number of anilines is 1. The molecule has 0 saturated carbocycles. The molecule has 0 radical (unpaired) electrons. The molecule has 0 fully saturated rings. The molecule has 1 aromatic rings. The fourth-order valence-corrected chi connectivity index (χ4v) is 1.37. The van der Waals surface area contributed by atoms with Crippen molar-refractivity contribution < 1.29 is 0 Å². The van der Waals surface area contributed by atoms with E-state index in [4.69, 9.17) is 5.73 Å². The highest BCUT2D eigenvalue weighted by molar-refractivity contribution is 7.98. The van der Waals surface area contributed by atoms with Crippen LogP contribution in [0, 0.1) is 0 Å². The van der Waals surface area contributed by atoms with Crippen molar-refractivity contribution in [1.82, 2.24) is 9.55 Å². The molecule has 0 amide bonds. The Morgan fingerprint density at radius 1 is 1.73 bits per heavy atom. The van der Waals surface area contributed by atoms with Crippen LogP contribution in [0.4, 0.5) is 5.95 Å². The number of aryl methyl sites for hydroxylation is 1. The molecule has 0 aliphatic rings. The average molecular weight is 171 g/mol. The first-order valence-corrected chi connectivity index (χ1v) is 4.75. The molecule has 0 aliphatic carbocycles. The van der Waals surface area contributed by atoms with Crippen LogP contribution in [0.25, 0.3) is 0 Å². The lowest BCUT2D eigenvalue weighted by molar-refractivity contribution is 0.929. The number of nitrogens with two attached hydrogens (primary N) is 1. The van der Waals surface area contributed by atoms with Crippen LogP contribution in [0.2, 0.25) is 0 Å². The van der Waals surface area contributed by atoms with Crippen LogP contribution in [-0.2, 0) is 12.8 Å². The quantitative estimate of drug-likeness (QED) is 0.744. The van der Waals surface area contributed by atoms with Crippen LogP contribution in [0.1, 0.15) is 12.6 Å². The molecule has 0 bridgehead atoms. The molecule has 4 heteroatoms. The second-order valence-corrected chi connectivity index (χ2v) is 3.61. The van der Waals surface area contributed by atoms with E-state index in [1.165, 1.54) is 0 Å². The highest BCUT2D eigenvalue weighted by atomic mass is 32.2. The van der Waals surface area contributed by atoms with E-state index in [1.54, 1.807) is 0 Å². The second-order valence-electron chi connectivity index (χ2n) is 2.34. The van der Waals surface area contributed by atoms with E-state index in [2.05, 4.69) is 11.9 Å². The first-order valence-electron chi connectivity index (χ1n) is 3.59. The Morgan fingerprint density at radius 2 is 2.45 bits per heavy atom. The Morgan fingerprint density at radius 3 is 2.91 bits per heavy atom. The molecule has 1 aromatic heterocycles. The average Bonchev–Trinajstić information content (AvgIpc) is 2.28. The van der Waals surface area contributed by atoms with Gasteiger partial charge in [0.05, 0.1) is 5.69 Å². The summed E-state index contributed by atoms with van der Waals surface area (Å²) in [5.74, 6) is 2.68. The number of hydrogen-bond donors (Lipinski definition) is 1. The minimum Gasteiger partial charge on any atom is -0.369 e. The smallest absolute Gasteiger partial charge is 0.200 e. The molecule has 0 unspecified atom stereocenters. The summed E-state index contributed by atoms with van der Waals surface area (Å²) >= 11 is 1.85. The zero-order chi connectivity index (χ0) is 8.27. The van der Waals surface area contributed by atoms with E-state index in [0.29, 0.717) is 5.95 Å².